The minimum atomic E-state index is -0.566. The first kappa shape index (κ1) is 27.1. The number of anilines is 3. The summed E-state index contributed by atoms with van der Waals surface area (Å²) in [5.41, 5.74) is 2.97. The third-order valence-electron chi connectivity index (χ3n) is 7.95. The second-order valence-electron chi connectivity index (χ2n) is 10.5. The van der Waals surface area contributed by atoms with Crippen molar-refractivity contribution in [3.05, 3.63) is 66.1 Å². The fraction of sp³-hybridized carbons (Fsp3) is 0.400. The number of fused-ring (bicyclic) bond motifs is 1. The Morgan fingerprint density at radius 3 is 2.37 bits per heavy atom. The van der Waals surface area contributed by atoms with Crippen LogP contribution in [-0.2, 0) is 9.47 Å². The molecular formula is C30H32FN7O3. The molecule has 0 radical (unpaired) electrons. The van der Waals surface area contributed by atoms with Crippen LogP contribution in [0, 0.1) is 17.1 Å². The van der Waals surface area contributed by atoms with Crippen LogP contribution in [0.3, 0.4) is 0 Å². The Balaban J connectivity index is 1.05. The number of likely N-dealkylation sites (tertiary alicyclic amines) is 1. The first-order valence-corrected chi connectivity index (χ1v) is 13.9. The Hall–Kier alpha value is -4.11. The van der Waals surface area contributed by atoms with Crippen molar-refractivity contribution in [1.82, 2.24) is 20.2 Å². The van der Waals surface area contributed by atoms with E-state index in [1.165, 1.54) is 0 Å². The molecule has 0 spiro atoms. The molecule has 4 heterocycles. The molecule has 2 aromatic carbocycles. The highest BCUT2D eigenvalue weighted by molar-refractivity contribution is 5.94. The minimum Gasteiger partial charge on any atom is -0.372 e. The number of hydrogen-bond acceptors (Lipinski definition) is 9. The summed E-state index contributed by atoms with van der Waals surface area (Å²) in [5.74, 6) is -0.667. The number of aromatic nitrogens is 2. The van der Waals surface area contributed by atoms with Gasteiger partial charge >= 0.3 is 0 Å². The van der Waals surface area contributed by atoms with E-state index in [4.69, 9.17) is 14.7 Å². The molecule has 3 aliphatic rings. The molecule has 3 fully saturated rings. The van der Waals surface area contributed by atoms with Crippen molar-refractivity contribution in [3.63, 3.8) is 0 Å². The molecule has 3 aliphatic heterocycles. The van der Waals surface area contributed by atoms with Gasteiger partial charge in [-0.15, -0.1) is 0 Å². The summed E-state index contributed by atoms with van der Waals surface area (Å²) in [6.45, 7) is 5.24. The summed E-state index contributed by atoms with van der Waals surface area (Å²) in [6.07, 6.45) is 3.79. The number of ether oxygens (including phenoxy) is 2. The molecule has 0 bridgehead atoms. The van der Waals surface area contributed by atoms with Crippen molar-refractivity contribution in [2.24, 2.45) is 0 Å². The Kier molecular flexibility index (Phi) is 8.04. The second kappa shape index (κ2) is 12.2. The van der Waals surface area contributed by atoms with Crippen molar-refractivity contribution in [2.75, 3.05) is 56.2 Å². The molecule has 1 aromatic heterocycles. The smallest absolute Gasteiger partial charge is 0.252 e. The van der Waals surface area contributed by atoms with Crippen LogP contribution in [0.15, 0.2) is 54.7 Å². The fourth-order valence-electron chi connectivity index (χ4n) is 5.79. The van der Waals surface area contributed by atoms with Gasteiger partial charge in [-0.3, -0.25) is 9.69 Å². The predicted octanol–water partition coefficient (Wildman–Crippen LogP) is 3.35. The topological polar surface area (TPSA) is 116 Å². The molecule has 10 nitrogen and oxygen atoms in total. The van der Waals surface area contributed by atoms with Crippen LogP contribution in [0.2, 0.25) is 0 Å². The Bertz CT molecular complexity index is 1390. The number of nitrogens with zero attached hydrogens (tertiary/aromatic N) is 5. The van der Waals surface area contributed by atoms with Gasteiger partial charge in [0, 0.05) is 54.7 Å². The van der Waals surface area contributed by atoms with Gasteiger partial charge in [-0.1, -0.05) is 12.1 Å². The van der Waals surface area contributed by atoms with E-state index < -0.39 is 5.82 Å². The Morgan fingerprint density at radius 1 is 1.02 bits per heavy atom. The van der Waals surface area contributed by atoms with Crippen LogP contribution >= 0.6 is 0 Å². The SMILES string of the molecule is N#CCNC(=O)c1ccc(-c2nc(Nc3ccc(N4CCC(N5CC6OCCOC6C5)CC4)cc3)ncc2F)cc1. The highest BCUT2D eigenvalue weighted by atomic mass is 19.1. The number of benzene rings is 2. The lowest BCUT2D eigenvalue weighted by Crippen LogP contribution is -2.44. The van der Waals surface area contributed by atoms with Crippen LogP contribution in [0.1, 0.15) is 23.2 Å². The Labute approximate surface area is 238 Å². The number of halogens is 1. The van der Waals surface area contributed by atoms with E-state index in [2.05, 4.69) is 42.5 Å². The largest absolute Gasteiger partial charge is 0.372 e. The molecule has 3 aromatic rings. The average Bonchev–Trinajstić information content (AvgIpc) is 3.46. The summed E-state index contributed by atoms with van der Waals surface area (Å²) >= 11 is 0. The molecule has 0 saturated carbocycles. The Morgan fingerprint density at radius 2 is 1.71 bits per heavy atom. The third-order valence-corrected chi connectivity index (χ3v) is 7.95. The summed E-state index contributed by atoms with van der Waals surface area (Å²) in [4.78, 5) is 25.5. The molecule has 1 amide bonds. The summed E-state index contributed by atoms with van der Waals surface area (Å²) < 4.78 is 26.4. The van der Waals surface area contributed by atoms with Gasteiger partial charge in [-0.25, -0.2) is 14.4 Å². The van der Waals surface area contributed by atoms with E-state index >= 15 is 0 Å². The van der Waals surface area contributed by atoms with Gasteiger partial charge in [-0.2, -0.15) is 5.26 Å². The van der Waals surface area contributed by atoms with E-state index in [0.29, 0.717) is 30.4 Å². The molecule has 2 unspecified atom stereocenters. The average molecular weight is 558 g/mol. The van der Waals surface area contributed by atoms with Crippen LogP contribution in [0.25, 0.3) is 11.3 Å². The van der Waals surface area contributed by atoms with Gasteiger partial charge in [0.2, 0.25) is 5.95 Å². The highest BCUT2D eigenvalue weighted by Gasteiger charge is 2.40. The van der Waals surface area contributed by atoms with E-state index in [1.54, 1.807) is 24.3 Å². The molecule has 2 atom stereocenters. The molecule has 3 saturated heterocycles. The molecule has 41 heavy (non-hydrogen) atoms. The number of nitriles is 1. The van der Waals surface area contributed by atoms with Crippen LogP contribution in [-0.4, -0.2) is 85.0 Å². The molecule has 212 valence electrons. The predicted molar refractivity (Wildman–Crippen MR) is 151 cm³/mol. The maximum absolute atomic E-state index is 14.6. The third kappa shape index (κ3) is 6.15. The zero-order valence-corrected chi connectivity index (χ0v) is 22.6. The van der Waals surface area contributed by atoms with E-state index in [0.717, 1.165) is 56.6 Å². The van der Waals surface area contributed by atoms with Gasteiger partial charge in [0.05, 0.1) is 37.7 Å². The van der Waals surface area contributed by atoms with E-state index in [9.17, 15) is 9.18 Å². The number of piperidine rings is 1. The van der Waals surface area contributed by atoms with Gasteiger partial charge in [0.25, 0.3) is 5.91 Å². The lowest BCUT2D eigenvalue weighted by Gasteiger charge is -2.37. The normalized spacial score (nSPS) is 21.2. The first-order chi connectivity index (χ1) is 20.1. The maximum Gasteiger partial charge on any atom is 0.252 e. The van der Waals surface area contributed by atoms with Crippen molar-refractivity contribution >= 4 is 23.2 Å². The van der Waals surface area contributed by atoms with Crippen molar-refractivity contribution < 1.29 is 18.7 Å². The van der Waals surface area contributed by atoms with E-state index in [-0.39, 0.29) is 36.3 Å². The lowest BCUT2D eigenvalue weighted by molar-refractivity contribution is -0.116. The van der Waals surface area contributed by atoms with Gasteiger partial charge in [0.15, 0.2) is 5.82 Å². The van der Waals surface area contributed by atoms with Crippen molar-refractivity contribution in [2.45, 2.75) is 31.1 Å². The van der Waals surface area contributed by atoms with E-state index in [1.807, 2.05) is 18.2 Å². The number of amides is 1. The molecular weight excluding hydrogens is 525 g/mol. The zero-order valence-electron chi connectivity index (χ0n) is 22.6. The molecule has 6 rings (SSSR count). The quantitative estimate of drug-likeness (QED) is 0.422. The monoisotopic (exact) mass is 557 g/mol. The summed E-state index contributed by atoms with van der Waals surface area (Å²) in [6, 6.07) is 16.9. The fourth-order valence-corrected chi connectivity index (χ4v) is 5.79. The zero-order chi connectivity index (χ0) is 28.2. The number of carbonyl (C=O) groups excluding carboxylic acids is 1. The minimum absolute atomic E-state index is 0.0819. The molecule has 2 N–H and O–H groups in total. The second-order valence-corrected chi connectivity index (χ2v) is 10.5. The van der Waals surface area contributed by atoms with Crippen LogP contribution in [0.4, 0.5) is 21.7 Å². The number of hydrogen-bond donors (Lipinski definition) is 2. The maximum atomic E-state index is 14.6. The summed E-state index contributed by atoms with van der Waals surface area (Å²) in [5, 5.41) is 14.3. The van der Waals surface area contributed by atoms with Crippen LogP contribution < -0.4 is 15.5 Å². The number of rotatable bonds is 7. The highest BCUT2D eigenvalue weighted by Crippen LogP contribution is 2.29. The van der Waals surface area contributed by atoms with Gasteiger partial charge in [0.1, 0.15) is 12.2 Å². The molecule has 0 aliphatic carbocycles. The molecule has 11 heteroatoms. The first-order valence-electron chi connectivity index (χ1n) is 13.9. The van der Waals surface area contributed by atoms with Gasteiger partial charge in [-0.05, 0) is 49.2 Å². The van der Waals surface area contributed by atoms with Crippen molar-refractivity contribution in [1.29, 1.82) is 5.26 Å². The standard InChI is InChI=1S/C30H32FN7O3/c31-25-17-34-30(36-28(25)20-1-3-21(4-2-20)29(39)33-12-11-32)35-22-5-7-23(8-6-22)37-13-9-24(10-14-37)38-18-26-27(19-38)41-16-15-40-26/h1-8,17,24,26-27H,9-10,12-16,18-19H2,(H,33,39)(H,34,35,36). The number of carbonyl (C=O) groups is 1. The van der Waals surface area contributed by atoms with Gasteiger partial charge < -0.3 is 25.0 Å². The lowest BCUT2D eigenvalue weighted by atomic mass is 10.0. The number of nitrogens with one attached hydrogen (secondary N) is 2. The van der Waals surface area contributed by atoms with Crippen molar-refractivity contribution in [3.8, 4) is 17.3 Å². The van der Waals surface area contributed by atoms with Crippen LogP contribution in [0.5, 0.6) is 0 Å². The summed E-state index contributed by atoms with van der Waals surface area (Å²) in [7, 11) is 0.